The second-order valence-electron chi connectivity index (χ2n) is 20.0. The van der Waals surface area contributed by atoms with Gasteiger partial charge in [0.15, 0.2) is 5.82 Å². The number of piperazine rings is 1. The molecule has 0 unspecified atom stereocenters. The fraction of sp³-hybridized carbons (Fsp3) is 0.400. The molecule has 6 aromatic rings. The van der Waals surface area contributed by atoms with Crippen LogP contribution in [0.5, 0.6) is 17.5 Å². The van der Waals surface area contributed by atoms with Crippen LogP contribution in [0.25, 0.3) is 27.8 Å². The van der Waals surface area contributed by atoms with Crippen molar-refractivity contribution >= 4 is 45.7 Å². The largest absolute Gasteiger partial charge is 0.508 e. The number of aromatic hydroxyl groups is 2. The fourth-order valence-corrected chi connectivity index (χ4v) is 11.4. The van der Waals surface area contributed by atoms with Crippen molar-refractivity contribution in [3.63, 3.8) is 0 Å². The van der Waals surface area contributed by atoms with Crippen LogP contribution in [0.15, 0.2) is 90.2 Å². The number of piperidine rings is 1. The third-order valence-electron chi connectivity index (χ3n) is 15.0. The molecule has 0 aliphatic carbocycles. The number of H-pyrrole nitrogens is 1. The number of aromatic nitrogens is 5. The highest BCUT2D eigenvalue weighted by molar-refractivity contribution is 6.36. The summed E-state index contributed by atoms with van der Waals surface area (Å²) in [7, 11) is 0. The number of likely N-dealkylation sites (tertiary alicyclic amines) is 2. The number of nitriles is 1. The minimum absolute atomic E-state index is 0.0143. The number of fused-ring (bicyclic) bond motifs is 2. The number of ether oxygens (including phenoxy) is 1. The van der Waals surface area contributed by atoms with E-state index in [-0.39, 0.29) is 65.4 Å². The van der Waals surface area contributed by atoms with Crippen molar-refractivity contribution in [3.05, 3.63) is 123 Å². The fourth-order valence-electron chi connectivity index (χ4n) is 11.1. The number of anilines is 2. The van der Waals surface area contributed by atoms with E-state index < -0.39 is 5.69 Å². The summed E-state index contributed by atoms with van der Waals surface area (Å²) in [5.74, 6) is 0.851. The average Bonchev–Trinajstić information content (AvgIpc) is 4.04. The van der Waals surface area contributed by atoms with Gasteiger partial charge in [0.2, 0.25) is 11.8 Å². The Labute approximate surface area is 428 Å². The van der Waals surface area contributed by atoms with Crippen molar-refractivity contribution in [1.82, 2.24) is 39.4 Å². The van der Waals surface area contributed by atoms with Gasteiger partial charge in [0.25, 0.3) is 0 Å². The SMILES string of the molecule is C=CC(=O)N1CCN(c2nc(OC[C@H]3CCN(C(=O)C4CCN(Cc5ccc(-n6c(-c7cc(C(C)C)c(O)cc7O)n[nH]c6=O)cc5)CC4)C3)nc3c2CCN(c2cccc4cccc(Cl)c24)C3)C[C@@H]1CC#N. The Morgan fingerprint density at radius 3 is 2.48 bits per heavy atom. The van der Waals surface area contributed by atoms with Crippen LogP contribution in [-0.2, 0) is 29.1 Å². The lowest BCUT2D eigenvalue weighted by Crippen LogP contribution is -2.55. The smallest absolute Gasteiger partial charge is 0.348 e. The Morgan fingerprint density at radius 2 is 1.73 bits per heavy atom. The molecule has 0 radical (unpaired) electrons. The van der Waals surface area contributed by atoms with E-state index in [2.05, 4.69) is 55.7 Å². The monoisotopic (exact) mass is 1010 g/mol. The number of nitrogens with one attached hydrogen (secondary N) is 1. The number of benzene rings is 4. The van der Waals surface area contributed by atoms with Gasteiger partial charge in [0, 0.05) is 80.4 Å². The number of phenolic OH excluding ortho intramolecular Hbond substituents is 2. The highest BCUT2D eigenvalue weighted by Crippen LogP contribution is 2.39. The number of hydrogen-bond acceptors (Lipinski definition) is 13. The number of rotatable bonds is 13. The highest BCUT2D eigenvalue weighted by Gasteiger charge is 2.36. The number of nitrogens with zero attached hydrogens (tertiary/aromatic N) is 10. The van der Waals surface area contributed by atoms with Crippen LogP contribution in [0.1, 0.15) is 67.8 Å². The van der Waals surface area contributed by atoms with Crippen LogP contribution in [0.2, 0.25) is 5.02 Å². The second kappa shape index (κ2) is 21.0. The molecule has 3 fully saturated rings. The molecule has 4 aromatic carbocycles. The number of carbonyl (C=O) groups is 2. The summed E-state index contributed by atoms with van der Waals surface area (Å²) in [5, 5.41) is 40.3. The van der Waals surface area contributed by atoms with Crippen LogP contribution in [0.4, 0.5) is 11.5 Å². The molecular weight excluding hydrogens is 946 g/mol. The minimum atomic E-state index is -0.447. The molecule has 73 heavy (non-hydrogen) atoms. The van der Waals surface area contributed by atoms with E-state index in [4.69, 9.17) is 26.3 Å². The van der Waals surface area contributed by atoms with E-state index in [0.29, 0.717) is 80.7 Å². The van der Waals surface area contributed by atoms with E-state index in [1.807, 2.05) is 61.2 Å². The molecule has 2 aromatic heterocycles. The van der Waals surface area contributed by atoms with Gasteiger partial charge in [0.05, 0.1) is 53.7 Å². The van der Waals surface area contributed by atoms with Crippen LogP contribution >= 0.6 is 11.6 Å². The van der Waals surface area contributed by atoms with E-state index in [1.165, 1.54) is 16.7 Å². The summed E-state index contributed by atoms with van der Waals surface area (Å²) >= 11 is 6.80. The predicted molar refractivity (Wildman–Crippen MR) is 279 cm³/mol. The van der Waals surface area contributed by atoms with Crippen molar-refractivity contribution in [2.75, 3.05) is 68.8 Å². The van der Waals surface area contributed by atoms with Gasteiger partial charge in [-0.1, -0.05) is 68.4 Å². The molecular formula is C55H60ClN11O6. The van der Waals surface area contributed by atoms with Crippen molar-refractivity contribution in [1.29, 1.82) is 5.26 Å². The second-order valence-corrected chi connectivity index (χ2v) is 20.4. The predicted octanol–water partition coefficient (Wildman–Crippen LogP) is 7.18. The third kappa shape index (κ3) is 10.1. The molecule has 3 saturated heterocycles. The van der Waals surface area contributed by atoms with Crippen molar-refractivity contribution < 1.29 is 24.5 Å². The summed E-state index contributed by atoms with van der Waals surface area (Å²) in [4.78, 5) is 60.4. The molecule has 0 saturated carbocycles. The Balaban J connectivity index is 0.772. The van der Waals surface area contributed by atoms with Crippen molar-refractivity contribution in [3.8, 4) is 40.7 Å². The number of hydrogen-bond donors (Lipinski definition) is 3. The molecule has 6 heterocycles. The van der Waals surface area contributed by atoms with Crippen molar-refractivity contribution in [2.24, 2.45) is 11.8 Å². The summed E-state index contributed by atoms with van der Waals surface area (Å²) in [6.07, 6.45) is 4.50. The van der Waals surface area contributed by atoms with Crippen LogP contribution < -0.4 is 20.2 Å². The van der Waals surface area contributed by atoms with Gasteiger partial charge in [-0.2, -0.15) is 20.3 Å². The molecule has 10 rings (SSSR count). The van der Waals surface area contributed by atoms with Gasteiger partial charge in [-0.25, -0.2) is 14.5 Å². The van der Waals surface area contributed by atoms with E-state index in [0.717, 1.165) is 78.0 Å². The van der Waals surface area contributed by atoms with E-state index in [1.54, 1.807) is 11.0 Å². The molecule has 18 heteroatoms. The Hall–Kier alpha value is -7.42. The van der Waals surface area contributed by atoms with Gasteiger partial charge in [-0.15, -0.1) is 0 Å². The molecule has 378 valence electrons. The average molecular weight is 1010 g/mol. The van der Waals surface area contributed by atoms with Crippen LogP contribution in [0, 0.1) is 23.2 Å². The molecule has 0 bridgehead atoms. The Kier molecular flexibility index (Phi) is 14.1. The van der Waals surface area contributed by atoms with Crippen molar-refractivity contribution in [2.45, 2.75) is 71.0 Å². The molecule has 4 aliphatic rings. The van der Waals surface area contributed by atoms with Crippen LogP contribution in [-0.4, -0.2) is 126 Å². The minimum Gasteiger partial charge on any atom is -0.508 e. The first kappa shape index (κ1) is 49.2. The zero-order valence-corrected chi connectivity index (χ0v) is 42.0. The standard InChI is InChI=1S/C55H60ClN11O6/c1-4-49(70)66-26-25-64(31-40(66)15-20-57)51-41-19-24-63(46-10-6-8-37-7-5-9-44(56)50(37)46)32-45(41)58-54(59-51)73-33-36-16-23-65(30-36)53(71)38-17-21-62(22-18-38)29-35-11-13-39(14-12-35)67-52(60-61-55(67)72)43-27-42(34(2)3)47(68)28-48(43)69/h4-14,27-28,34,36,38,40,68-69H,1,15-19,21-26,29-33H2,2-3H3,(H,61,72)/t36-,40-/m0/s1. The highest BCUT2D eigenvalue weighted by atomic mass is 35.5. The maximum Gasteiger partial charge on any atom is 0.348 e. The molecule has 2 atom stereocenters. The molecule has 0 spiro atoms. The maximum atomic E-state index is 14.0. The summed E-state index contributed by atoms with van der Waals surface area (Å²) in [6, 6.07) is 25.0. The molecule has 17 nitrogen and oxygen atoms in total. The quantitative estimate of drug-likeness (QED) is 0.0985. The number of halogens is 1. The Morgan fingerprint density at radius 1 is 0.945 bits per heavy atom. The first-order valence-corrected chi connectivity index (χ1v) is 25.6. The molecule has 3 N–H and O–H groups in total. The first-order chi connectivity index (χ1) is 35.4. The van der Waals surface area contributed by atoms with E-state index in [9.17, 15) is 29.9 Å². The van der Waals surface area contributed by atoms with Gasteiger partial charge in [0.1, 0.15) is 17.3 Å². The topological polar surface area (TPSA) is 200 Å². The number of carbonyl (C=O) groups excluding carboxylic acids is 2. The normalized spacial score (nSPS) is 18.6. The van der Waals surface area contributed by atoms with E-state index >= 15 is 0 Å². The lowest BCUT2D eigenvalue weighted by Gasteiger charge is -2.42. The van der Waals surface area contributed by atoms with Crippen LogP contribution in [0.3, 0.4) is 0 Å². The zero-order chi connectivity index (χ0) is 50.9. The Bertz CT molecular complexity index is 3150. The van der Waals surface area contributed by atoms with Gasteiger partial charge in [-0.05, 0) is 97.6 Å². The number of amides is 2. The summed E-state index contributed by atoms with van der Waals surface area (Å²) in [6.45, 7) is 14.1. The van der Waals surface area contributed by atoms with Gasteiger partial charge < -0.3 is 34.5 Å². The summed E-state index contributed by atoms with van der Waals surface area (Å²) in [5.41, 5.74) is 5.10. The molecule has 4 aliphatic heterocycles. The zero-order valence-electron chi connectivity index (χ0n) is 41.2. The lowest BCUT2D eigenvalue weighted by atomic mass is 9.95. The summed E-state index contributed by atoms with van der Waals surface area (Å²) < 4.78 is 7.90. The first-order valence-electron chi connectivity index (χ1n) is 25.2. The third-order valence-corrected chi connectivity index (χ3v) is 15.3. The number of phenols is 2. The maximum absolute atomic E-state index is 14.0. The van der Waals surface area contributed by atoms with Gasteiger partial charge >= 0.3 is 11.7 Å². The van der Waals surface area contributed by atoms with Gasteiger partial charge in [-0.3, -0.25) is 14.5 Å². The lowest BCUT2D eigenvalue weighted by molar-refractivity contribution is -0.136. The number of aromatic amines is 1. The molecule has 2 amide bonds.